The average molecular weight is 1200 g/mol. The van der Waals surface area contributed by atoms with Crippen molar-refractivity contribution in [1.82, 2.24) is 4.17 Å². The zero-order chi connectivity index (χ0) is 60.1. The molecule has 0 spiro atoms. The van der Waals surface area contributed by atoms with E-state index in [9.17, 15) is 105 Å². The van der Waals surface area contributed by atoms with Gasteiger partial charge in [0.1, 0.15) is 6.15 Å². The maximum atomic E-state index is 14.2. The van der Waals surface area contributed by atoms with E-state index in [1.54, 1.807) is 0 Å². The van der Waals surface area contributed by atoms with Crippen molar-refractivity contribution in [2.45, 2.75) is 129 Å². The summed E-state index contributed by atoms with van der Waals surface area (Å²) in [5, 5.41) is 0. The molecule has 4 aromatic carbocycles. The zero-order valence-electron chi connectivity index (χ0n) is 42.4. The predicted octanol–water partition coefficient (Wildman–Crippen LogP) is 18.1. The second kappa shape index (κ2) is 24.9. The normalized spacial score (nSPS) is 13.8. The van der Waals surface area contributed by atoms with Crippen LogP contribution in [0.4, 0.5) is 105 Å². The third-order valence-corrected chi connectivity index (χ3v) is 23.4. The first-order valence-electron chi connectivity index (χ1n) is 24.2. The molecule has 0 atom stereocenters. The van der Waals surface area contributed by atoms with Crippen LogP contribution in [0.15, 0.2) is 72.8 Å². The Bertz CT molecular complexity index is 2270. The highest BCUT2D eigenvalue weighted by Gasteiger charge is 2.47. The van der Waals surface area contributed by atoms with Crippen molar-refractivity contribution >= 4 is 42.1 Å². The molecule has 4 rings (SSSR count). The van der Waals surface area contributed by atoms with E-state index in [-0.39, 0.29) is 0 Å². The van der Waals surface area contributed by atoms with Gasteiger partial charge in [0.25, 0.3) is 0 Å². The highest BCUT2D eigenvalue weighted by atomic mass is 31.2. The molecule has 0 saturated heterocycles. The van der Waals surface area contributed by atoms with Crippen LogP contribution in [0.3, 0.4) is 0 Å². The highest BCUT2D eigenvalue weighted by molar-refractivity contribution is 7.73. The number of hydrogen-bond acceptors (Lipinski definition) is 0. The fraction of sp³-hybridized carbons (Fsp3) is 0.520. The van der Waals surface area contributed by atoms with Crippen LogP contribution in [0.2, 0.25) is 0 Å². The Morgan fingerprint density at radius 1 is 0.256 bits per heavy atom. The van der Waals surface area contributed by atoms with Gasteiger partial charge in [-0.15, -0.1) is 0 Å². The van der Waals surface area contributed by atoms with E-state index >= 15 is 0 Å². The summed E-state index contributed by atoms with van der Waals surface area (Å²) in [6, 6.07) is -8.81. The molecule has 0 aromatic heterocycles. The minimum atomic E-state index is -6.13. The number of hydrogen-bond donors (Lipinski definition) is 0. The van der Waals surface area contributed by atoms with Crippen LogP contribution in [0.5, 0.6) is 0 Å². The molecule has 440 valence electrons. The first-order chi connectivity index (χ1) is 35.3. The number of nitrogens with zero attached hydrogens (tertiary/aromatic N) is 1. The predicted molar refractivity (Wildman–Crippen MR) is 257 cm³/mol. The Hall–Kier alpha value is -4.17. The molecular formula is C50H54BF24NP2. The van der Waals surface area contributed by atoms with Crippen LogP contribution in [0.1, 0.15) is 125 Å². The molecule has 0 amide bonds. The summed E-state index contributed by atoms with van der Waals surface area (Å²) in [4.78, 5) is 0. The van der Waals surface area contributed by atoms with E-state index in [1.165, 1.54) is 75.5 Å². The third-order valence-electron chi connectivity index (χ3n) is 12.7. The van der Waals surface area contributed by atoms with Crippen molar-refractivity contribution in [1.29, 1.82) is 0 Å². The number of alkyl halides is 24. The maximum Gasteiger partial charge on any atom is 0.416 e. The van der Waals surface area contributed by atoms with Gasteiger partial charge < -0.3 is 0 Å². The van der Waals surface area contributed by atoms with Gasteiger partial charge in [0.2, 0.25) is 14.1 Å². The van der Waals surface area contributed by atoms with E-state index < -0.39 is 209 Å². The van der Waals surface area contributed by atoms with Crippen LogP contribution in [-0.2, 0) is 49.4 Å². The molecule has 78 heavy (non-hydrogen) atoms. The second-order valence-corrected chi connectivity index (χ2v) is 26.6. The molecular weight excluding hydrogens is 1140 g/mol. The topological polar surface area (TPSA) is 14.1 Å². The van der Waals surface area contributed by atoms with Crippen molar-refractivity contribution < 1.29 is 105 Å². The second-order valence-electron chi connectivity index (χ2n) is 18.8. The average Bonchev–Trinajstić information content (AvgIpc) is 3.27. The maximum absolute atomic E-state index is 14.2. The first-order valence-corrected chi connectivity index (χ1v) is 28.8. The van der Waals surface area contributed by atoms with Crippen LogP contribution in [-0.4, -0.2) is 43.1 Å². The molecule has 0 saturated carbocycles. The summed E-state index contributed by atoms with van der Waals surface area (Å²) in [5.41, 5.74) is -30.2. The van der Waals surface area contributed by atoms with Gasteiger partial charge in [-0.2, -0.15) is 131 Å². The van der Waals surface area contributed by atoms with E-state index in [0.717, 1.165) is 0 Å². The zero-order valence-corrected chi connectivity index (χ0v) is 44.2. The lowest BCUT2D eigenvalue weighted by atomic mass is 9.12. The first kappa shape index (κ1) is 68.1. The van der Waals surface area contributed by atoms with Crippen LogP contribution in [0.25, 0.3) is 0 Å². The van der Waals surface area contributed by atoms with E-state index in [2.05, 4.69) is 41.5 Å². The summed E-state index contributed by atoms with van der Waals surface area (Å²) in [5.74, 6) is 0. The fourth-order valence-corrected chi connectivity index (χ4v) is 21.6. The number of benzene rings is 4. The number of halogens is 24. The van der Waals surface area contributed by atoms with Crippen molar-refractivity contribution in [3.63, 3.8) is 0 Å². The molecule has 0 bridgehead atoms. The summed E-state index contributed by atoms with van der Waals surface area (Å²) in [6.45, 7) is 14.2. The lowest BCUT2D eigenvalue weighted by Gasteiger charge is -2.46. The molecule has 0 radical (unpaired) electrons. The lowest BCUT2D eigenvalue weighted by Crippen LogP contribution is -2.75. The Morgan fingerprint density at radius 2 is 0.385 bits per heavy atom. The monoisotopic (exact) mass is 1200 g/mol. The van der Waals surface area contributed by atoms with Gasteiger partial charge in [-0.3, -0.25) is 0 Å². The summed E-state index contributed by atoms with van der Waals surface area (Å²) in [6.07, 6.45) is -38.3. The summed E-state index contributed by atoms with van der Waals surface area (Å²) < 4.78 is 347. The van der Waals surface area contributed by atoms with Gasteiger partial charge in [-0.25, -0.2) is 0 Å². The summed E-state index contributed by atoms with van der Waals surface area (Å²) in [7, 11) is -2.06. The van der Waals surface area contributed by atoms with Crippen molar-refractivity contribution in [2.24, 2.45) is 0 Å². The van der Waals surface area contributed by atoms with Crippen LogP contribution < -0.4 is 26.0 Å². The quantitative estimate of drug-likeness (QED) is 0.0459. The Balaban J connectivity index is 0.000000642. The van der Waals surface area contributed by atoms with Gasteiger partial charge in [-0.05, 0) is 62.8 Å². The largest absolute Gasteiger partial charge is 0.416 e. The van der Waals surface area contributed by atoms with Gasteiger partial charge >= 0.3 is 49.4 Å². The van der Waals surface area contributed by atoms with E-state index in [1.807, 2.05) is 0 Å². The van der Waals surface area contributed by atoms with Gasteiger partial charge in [0.15, 0.2) is 0 Å². The Kier molecular flexibility index (Phi) is 21.8. The number of rotatable bonds is 16. The lowest BCUT2D eigenvalue weighted by molar-refractivity contribution is -0.144. The van der Waals surface area contributed by atoms with Crippen molar-refractivity contribution in [3.05, 3.63) is 117 Å². The molecule has 0 unspecified atom stereocenters. The van der Waals surface area contributed by atoms with Gasteiger partial charge in [0.05, 0.1) is 44.5 Å². The van der Waals surface area contributed by atoms with Gasteiger partial charge in [-0.1, -0.05) is 90.1 Å². The standard InChI is InChI=1S/C32H12BF24.C18H42NP2/c34-25(35,36)13-1-14(26(37,38)39)6-21(5-13)33(22-7-15(27(40,41)42)2-16(8-22)28(43,44)45,23-9-17(29(46,47)48)3-18(10-23)30(49,50)51)24-11-19(31(52,53)54)4-20(12-24)32(55,56)57;1-7-13-20(14-8-2,15-9-3)19-21(16-10-4,17-11-5)18-12-6/h1-12H;7-18H2,1-6H3/q-1;+1. The molecule has 0 aliphatic carbocycles. The van der Waals surface area contributed by atoms with Crippen LogP contribution in [0, 0.1) is 0 Å². The minimum absolute atomic E-state index is 0.691. The Labute approximate surface area is 434 Å². The summed E-state index contributed by atoms with van der Waals surface area (Å²) >= 11 is 0. The molecule has 0 fully saturated rings. The molecule has 0 N–H and O–H groups in total. The Morgan fingerprint density at radius 3 is 0.487 bits per heavy atom. The molecule has 0 heterocycles. The molecule has 0 aliphatic heterocycles. The van der Waals surface area contributed by atoms with Gasteiger partial charge in [0, 0.05) is 37.0 Å². The molecule has 4 aromatic rings. The molecule has 0 aliphatic rings. The molecule has 1 nitrogen and oxygen atoms in total. The fourth-order valence-electron chi connectivity index (χ4n) is 9.91. The smallest absolute Gasteiger partial charge is 0.194 e. The van der Waals surface area contributed by atoms with Crippen molar-refractivity contribution in [3.8, 4) is 0 Å². The molecule has 28 heteroatoms. The minimum Gasteiger partial charge on any atom is -0.194 e. The SMILES string of the molecule is CCCP(CCC)(CCC)=[N+]=P(CCC)(CCC)CCC.FC(F)(F)c1cc([B-](c2cc(C(F)(F)F)cc(C(F)(F)F)c2)(c2cc(C(F)(F)F)cc(C(F)(F)F)c2)c2cc(C(F)(F)F)cc(C(F)(F)F)c2)cc(C(F)(F)F)c1. The van der Waals surface area contributed by atoms with E-state index in [4.69, 9.17) is 4.17 Å². The highest BCUT2D eigenvalue weighted by Crippen LogP contribution is 2.55. The van der Waals surface area contributed by atoms with Crippen molar-refractivity contribution in [2.75, 3.05) is 37.0 Å². The van der Waals surface area contributed by atoms with Crippen LogP contribution >= 0.6 is 14.1 Å². The third kappa shape index (κ3) is 16.9. The van der Waals surface area contributed by atoms with E-state index in [0.29, 0.717) is 0 Å².